The largest absolute Gasteiger partial charge is 0.352 e. The highest BCUT2D eigenvalue weighted by molar-refractivity contribution is 5.72. The van der Waals surface area contributed by atoms with Gasteiger partial charge in [0.15, 0.2) is 5.82 Å². The van der Waals surface area contributed by atoms with E-state index in [-0.39, 0.29) is 6.04 Å². The maximum absolute atomic E-state index is 11.3. The molecule has 2 aromatic rings. The van der Waals surface area contributed by atoms with E-state index in [2.05, 4.69) is 15.5 Å². The number of urea groups is 1. The molecule has 0 unspecified atom stereocenters. The molecule has 0 aliphatic heterocycles. The van der Waals surface area contributed by atoms with Crippen LogP contribution in [0.2, 0.25) is 0 Å². The third kappa shape index (κ3) is 4.09. The molecule has 23 heavy (non-hydrogen) atoms. The van der Waals surface area contributed by atoms with Crippen molar-refractivity contribution in [1.29, 1.82) is 0 Å². The van der Waals surface area contributed by atoms with E-state index in [1.165, 1.54) is 19.3 Å². The first kappa shape index (κ1) is 15.5. The van der Waals surface area contributed by atoms with Crippen LogP contribution in [0.4, 0.5) is 4.79 Å². The van der Waals surface area contributed by atoms with Crippen LogP contribution in [0, 0.1) is 0 Å². The van der Waals surface area contributed by atoms with E-state index in [0.717, 1.165) is 24.2 Å². The summed E-state index contributed by atoms with van der Waals surface area (Å²) in [6.45, 7) is 0. The van der Waals surface area contributed by atoms with Crippen LogP contribution in [0.3, 0.4) is 0 Å². The van der Waals surface area contributed by atoms with E-state index in [1.807, 2.05) is 30.3 Å². The van der Waals surface area contributed by atoms with E-state index in [4.69, 9.17) is 10.3 Å². The number of carbonyl (C=O) groups is 1. The van der Waals surface area contributed by atoms with Gasteiger partial charge in [0.2, 0.25) is 5.89 Å². The van der Waals surface area contributed by atoms with E-state index >= 15 is 0 Å². The Morgan fingerprint density at radius 1 is 1.26 bits per heavy atom. The zero-order valence-corrected chi connectivity index (χ0v) is 13.1. The number of benzene rings is 1. The number of rotatable bonds is 5. The molecule has 2 amide bonds. The second-order valence-corrected chi connectivity index (χ2v) is 6.06. The Morgan fingerprint density at radius 3 is 2.70 bits per heavy atom. The Kier molecular flexibility index (Phi) is 4.90. The van der Waals surface area contributed by atoms with Crippen LogP contribution in [0.1, 0.15) is 61.3 Å². The Balaban J connectivity index is 1.72. The van der Waals surface area contributed by atoms with Crippen molar-refractivity contribution in [2.45, 2.75) is 50.5 Å². The first-order valence-electron chi connectivity index (χ1n) is 8.16. The molecule has 0 bridgehead atoms. The van der Waals surface area contributed by atoms with Crippen molar-refractivity contribution in [2.24, 2.45) is 5.73 Å². The number of amides is 2. The predicted octanol–water partition coefficient (Wildman–Crippen LogP) is 3.07. The zero-order chi connectivity index (χ0) is 16.1. The molecule has 6 heteroatoms. The smallest absolute Gasteiger partial charge is 0.312 e. The minimum atomic E-state index is -0.564. The third-order valence-electron chi connectivity index (χ3n) is 4.35. The van der Waals surface area contributed by atoms with Crippen LogP contribution in [-0.4, -0.2) is 16.2 Å². The molecule has 3 rings (SSSR count). The summed E-state index contributed by atoms with van der Waals surface area (Å²) in [5.41, 5.74) is 6.25. The summed E-state index contributed by atoms with van der Waals surface area (Å²) in [7, 11) is 0. The molecule has 3 N–H and O–H groups in total. The van der Waals surface area contributed by atoms with Gasteiger partial charge < -0.3 is 15.6 Å². The van der Waals surface area contributed by atoms with Crippen LogP contribution in [0.15, 0.2) is 34.9 Å². The van der Waals surface area contributed by atoms with Crippen molar-refractivity contribution < 1.29 is 9.32 Å². The molecule has 1 aliphatic carbocycles. The summed E-state index contributed by atoms with van der Waals surface area (Å²) in [6.07, 6.45) is 6.43. The summed E-state index contributed by atoms with van der Waals surface area (Å²) in [5, 5.41) is 6.88. The Labute approximate surface area is 135 Å². The van der Waals surface area contributed by atoms with Gasteiger partial charge in [0.05, 0.1) is 12.5 Å². The molecule has 1 aromatic heterocycles. The molecule has 1 fully saturated rings. The molecule has 0 saturated heterocycles. The maximum atomic E-state index is 11.3. The highest BCUT2D eigenvalue weighted by atomic mass is 16.5. The summed E-state index contributed by atoms with van der Waals surface area (Å²) in [6, 6.07) is 8.83. The Hall–Kier alpha value is -2.37. The lowest BCUT2D eigenvalue weighted by molar-refractivity contribution is 0.244. The number of nitrogens with zero attached hydrogens (tertiary/aromatic N) is 2. The van der Waals surface area contributed by atoms with Crippen LogP contribution in [-0.2, 0) is 6.42 Å². The Morgan fingerprint density at radius 2 is 2.00 bits per heavy atom. The number of hydrogen-bond acceptors (Lipinski definition) is 4. The molecule has 1 saturated carbocycles. The van der Waals surface area contributed by atoms with Crippen molar-refractivity contribution in [2.75, 3.05) is 0 Å². The molecule has 1 heterocycles. The highest BCUT2D eigenvalue weighted by Gasteiger charge is 2.23. The molecule has 0 spiro atoms. The number of hydrogen-bond donors (Lipinski definition) is 2. The summed E-state index contributed by atoms with van der Waals surface area (Å²) >= 11 is 0. The fraction of sp³-hybridized carbons (Fsp3) is 0.471. The molecule has 1 aliphatic rings. The minimum absolute atomic E-state index is 0.270. The van der Waals surface area contributed by atoms with Crippen LogP contribution in [0.25, 0.3) is 0 Å². The van der Waals surface area contributed by atoms with Gasteiger partial charge in [0.1, 0.15) is 0 Å². The summed E-state index contributed by atoms with van der Waals surface area (Å²) in [5.74, 6) is 1.74. The SMILES string of the molecule is NC(=O)N[C@@H](Cc1nc(C2CCCCC2)no1)c1ccccc1. The number of nitrogens with one attached hydrogen (secondary N) is 1. The number of nitrogens with two attached hydrogens (primary N) is 1. The second-order valence-electron chi connectivity index (χ2n) is 6.06. The van der Waals surface area contributed by atoms with Gasteiger partial charge in [-0.15, -0.1) is 0 Å². The average Bonchev–Trinajstić information content (AvgIpc) is 3.04. The van der Waals surface area contributed by atoms with Gasteiger partial charge in [0.25, 0.3) is 0 Å². The Bertz CT molecular complexity index is 635. The summed E-state index contributed by atoms with van der Waals surface area (Å²) in [4.78, 5) is 15.8. The monoisotopic (exact) mass is 314 g/mol. The van der Waals surface area contributed by atoms with Gasteiger partial charge in [-0.25, -0.2) is 4.79 Å². The van der Waals surface area contributed by atoms with Gasteiger partial charge in [-0.05, 0) is 18.4 Å². The van der Waals surface area contributed by atoms with Crippen molar-refractivity contribution >= 4 is 6.03 Å². The van der Waals surface area contributed by atoms with Crippen LogP contribution in [0.5, 0.6) is 0 Å². The normalized spacial score (nSPS) is 16.9. The van der Waals surface area contributed by atoms with E-state index in [0.29, 0.717) is 18.2 Å². The van der Waals surface area contributed by atoms with Gasteiger partial charge in [-0.2, -0.15) is 4.98 Å². The molecule has 1 atom stereocenters. The highest BCUT2D eigenvalue weighted by Crippen LogP contribution is 2.31. The standard InChI is InChI=1S/C17H22N4O2/c18-17(22)19-14(12-7-3-1-4-8-12)11-15-20-16(21-23-15)13-9-5-2-6-10-13/h1,3-4,7-8,13-14H,2,5-6,9-11H2,(H3,18,19,22)/t14-/m0/s1. The van der Waals surface area contributed by atoms with Gasteiger partial charge in [0, 0.05) is 5.92 Å². The van der Waals surface area contributed by atoms with Crippen molar-refractivity contribution in [3.05, 3.63) is 47.6 Å². The van der Waals surface area contributed by atoms with Gasteiger partial charge >= 0.3 is 6.03 Å². The summed E-state index contributed by atoms with van der Waals surface area (Å²) < 4.78 is 5.40. The predicted molar refractivity (Wildman–Crippen MR) is 85.7 cm³/mol. The van der Waals surface area contributed by atoms with Crippen molar-refractivity contribution in [1.82, 2.24) is 15.5 Å². The fourth-order valence-corrected chi connectivity index (χ4v) is 3.16. The topological polar surface area (TPSA) is 94.0 Å². The molecule has 1 aromatic carbocycles. The molecule has 122 valence electrons. The molecule has 6 nitrogen and oxygen atoms in total. The third-order valence-corrected chi connectivity index (χ3v) is 4.35. The number of primary amides is 1. The number of aromatic nitrogens is 2. The molecular weight excluding hydrogens is 292 g/mol. The van der Waals surface area contributed by atoms with Gasteiger partial charge in [-0.1, -0.05) is 54.8 Å². The molecular formula is C17H22N4O2. The van der Waals surface area contributed by atoms with E-state index in [1.54, 1.807) is 0 Å². The van der Waals surface area contributed by atoms with Crippen molar-refractivity contribution in [3.63, 3.8) is 0 Å². The van der Waals surface area contributed by atoms with E-state index < -0.39 is 6.03 Å². The quantitative estimate of drug-likeness (QED) is 0.886. The fourth-order valence-electron chi connectivity index (χ4n) is 3.16. The van der Waals surface area contributed by atoms with Crippen LogP contribution >= 0.6 is 0 Å². The maximum Gasteiger partial charge on any atom is 0.312 e. The first-order chi connectivity index (χ1) is 11.2. The van der Waals surface area contributed by atoms with E-state index in [9.17, 15) is 4.79 Å². The molecule has 0 radical (unpaired) electrons. The average molecular weight is 314 g/mol. The van der Waals surface area contributed by atoms with Crippen molar-refractivity contribution in [3.8, 4) is 0 Å². The zero-order valence-electron chi connectivity index (χ0n) is 13.1. The lowest BCUT2D eigenvalue weighted by Crippen LogP contribution is -2.34. The second kappa shape index (κ2) is 7.26. The first-order valence-corrected chi connectivity index (χ1v) is 8.16. The number of carbonyl (C=O) groups excluding carboxylic acids is 1. The van der Waals surface area contributed by atoms with Crippen LogP contribution < -0.4 is 11.1 Å². The lowest BCUT2D eigenvalue weighted by atomic mass is 9.89. The van der Waals surface area contributed by atoms with Gasteiger partial charge in [-0.3, -0.25) is 0 Å². The lowest BCUT2D eigenvalue weighted by Gasteiger charge is -2.17. The minimum Gasteiger partial charge on any atom is -0.352 e.